The average Bonchev–Trinajstić information content (AvgIpc) is 2.87. The number of hydrogen-bond acceptors (Lipinski definition) is 5. The van der Waals surface area contributed by atoms with Crippen molar-refractivity contribution in [1.82, 2.24) is 19.7 Å². The molecule has 3 heterocycles. The Morgan fingerprint density at radius 2 is 1.93 bits per heavy atom. The molecule has 1 aliphatic rings. The van der Waals surface area contributed by atoms with Crippen LogP contribution in [0.15, 0.2) is 30.3 Å². The van der Waals surface area contributed by atoms with Gasteiger partial charge in [-0.2, -0.15) is 5.10 Å². The van der Waals surface area contributed by atoms with Crippen LogP contribution >= 0.6 is 0 Å². The molecule has 1 saturated heterocycles. The van der Waals surface area contributed by atoms with Crippen molar-refractivity contribution in [3.8, 4) is 0 Å². The Morgan fingerprint density at radius 3 is 2.63 bits per heavy atom. The van der Waals surface area contributed by atoms with E-state index in [1.807, 2.05) is 20.0 Å². The zero-order chi connectivity index (χ0) is 19.1. The van der Waals surface area contributed by atoms with Gasteiger partial charge in [0.15, 0.2) is 5.65 Å². The molecule has 0 bridgehead atoms. The lowest BCUT2D eigenvalue weighted by Gasteiger charge is -2.38. The molecule has 140 valence electrons. The smallest absolute Gasteiger partial charge is 0.340 e. The number of benzene rings is 1. The number of aromatic nitrogens is 3. The number of nitrogens with zero attached hydrogens (tertiary/aromatic N) is 4. The van der Waals surface area contributed by atoms with E-state index in [0.717, 1.165) is 28.8 Å². The zero-order valence-corrected chi connectivity index (χ0v) is 15.6. The Bertz CT molecular complexity index is 1010. The molecule has 0 amide bonds. The van der Waals surface area contributed by atoms with Crippen LogP contribution in [0.2, 0.25) is 0 Å². The third kappa shape index (κ3) is 3.42. The van der Waals surface area contributed by atoms with Gasteiger partial charge < -0.3 is 4.74 Å². The number of halogens is 1. The number of pyridine rings is 1. The lowest BCUT2D eigenvalue weighted by Crippen LogP contribution is -2.52. The van der Waals surface area contributed by atoms with Gasteiger partial charge in [0.1, 0.15) is 11.9 Å². The number of aryl methyl sites for hydroxylation is 3. The van der Waals surface area contributed by atoms with Gasteiger partial charge in [0.2, 0.25) is 0 Å². The Morgan fingerprint density at radius 1 is 1.22 bits per heavy atom. The number of carbonyl (C=O) groups is 1. The summed E-state index contributed by atoms with van der Waals surface area (Å²) in [6.45, 7) is 5.76. The maximum absolute atomic E-state index is 13.0. The molecule has 1 fully saturated rings. The molecule has 0 unspecified atom stereocenters. The molecule has 0 N–H and O–H groups in total. The van der Waals surface area contributed by atoms with Crippen LogP contribution in [0.5, 0.6) is 0 Å². The van der Waals surface area contributed by atoms with Crippen LogP contribution in [0, 0.1) is 19.7 Å². The summed E-state index contributed by atoms with van der Waals surface area (Å²) in [6.07, 6.45) is -0.136. The van der Waals surface area contributed by atoms with E-state index in [-0.39, 0.29) is 17.9 Å². The molecule has 2 aromatic heterocycles. The molecule has 0 saturated carbocycles. The SMILES string of the molecule is Cc1nc2c(cc1C(=O)OC1CN(Cc3ccc(F)cc3)C1)c(C)nn2C. The van der Waals surface area contributed by atoms with Crippen molar-refractivity contribution in [3.05, 3.63) is 58.7 Å². The van der Waals surface area contributed by atoms with Crippen molar-refractivity contribution in [2.45, 2.75) is 26.5 Å². The fraction of sp³-hybridized carbons (Fsp3) is 0.350. The number of fused-ring (bicyclic) bond motifs is 1. The highest BCUT2D eigenvalue weighted by Gasteiger charge is 2.31. The number of esters is 1. The van der Waals surface area contributed by atoms with Crippen LogP contribution in [0.4, 0.5) is 4.39 Å². The molecule has 7 heteroatoms. The van der Waals surface area contributed by atoms with Gasteiger partial charge >= 0.3 is 5.97 Å². The van der Waals surface area contributed by atoms with Crippen LogP contribution in [0.1, 0.15) is 27.3 Å². The highest BCUT2D eigenvalue weighted by molar-refractivity contribution is 5.95. The quantitative estimate of drug-likeness (QED) is 0.663. The second-order valence-electron chi connectivity index (χ2n) is 7.05. The van der Waals surface area contributed by atoms with Gasteiger partial charge in [0.25, 0.3) is 0 Å². The molecule has 6 nitrogen and oxygen atoms in total. The van der Waals surface area contributed by atoms with Gasteiger partial charge in [-0.05, 0) is 37.6 Å². The Hall–Kier alpha value is -2.80. The number of hydrogen-bond donors (Lipinski definition) is 0. The molecule has 1 aromatic carbocycles. The van der Waals surface area contributed by atoms with E-state index >= 15 is 0 Å². The average molecular weight is 368 g/mol. The number of ether oxygens (including phenoxy) is 1. The first-order valence-corrected chi connectivity index (χ1v) is 8.89. The van der Waals surface area contributed by atoms with Gasteiger partial charge in [-0.25, -0.2) is 14.2 Å². The van der Waals surface area contributed by atoms with Crippen LogP contribution in [-0.2, 0) is 18.3 Å². The summed E-state index contributed by atoms with van der Waals surface area (Å²) < 4.78 is 20.3. The fourth-order valence-corrected chi connectivity index (χ4v) is 3.43. The second-order valence-corrected chi connectivity index (χ2v) is 7.05. The van der Waals surface area contributed by atoms with Crippen LogP contribution in [-0.4, -0.2) is 44.8 Å². The van der Waals surface area contributed by atoms with Crippen LogP contribution in [0.25, 0.3) is 11.0 Å². The minimum absolute atomic E-state index is 0.136. The van der Waals surface area contributed by atoms with Gasteiger partial charge in [0.05, 0.1) is 17.0 Å². The third-order valence-corrected chi connectivity index (χ3v) is 4.93. The molecule has 0 atom stereocenters. The zero-order valence-electron chi connectivity index (χ0n) is 15.6. The molecule has 0 aliphatic carbocycles. The van der Waals surface area contributed by atoms with Crippen molar-refractivity contribution in [1.29, 1.82) is 0 Å². The maximum Gasteiger partial charge on any atom is 0.340 e. The largest absolute Gasteiger partial charge is 0.456 e. The normalized spacial score (nSPS) is 15.1. The van der Waals surface area contributed by atoms with E-state index in [1.54, 1.807) is 23.7 Å². The van der Waals surface area contributed by atoms with E-state index in [1.165, 1.54) is 12.1 Å². The van der Waals surface area contributed by atoms with Crippen molar-refractivity contribution in [2.75, 3.05) is 13.1 Å². The first-order chi connectivity index (χ1) is 12.9. The van der Waals surface area contributed by atoms with Crippen molar-refractivity contribution >= 4 is 17.0 Å². The van der Waals surface area contributed by atoms with E-state index < -0.39 is 0 Å². The predicted octanol–water partition coefficient (Wildman–Crippen LogP) is 2.77. The first-order valence-electron chi connectivity index (χ1n) is 8.89. The summed E-state index contributed by atoms with van der Waals surface area (Å²) in [7, 11) is 1.84. The third-order valence-electron chi connectivity index (χ3n) is 4.93. The highest BCUT2D eigenvalue weighted by atomic mass is 19.1. The van der Waals surface area contributed by atoms with Crippen molar-refractivity contribution < 1.29 is 13.9 Å². The van der Waals surface area contributed by atoms with E-state index in [9.17, 15) is 9.18 Å². The molecular formula is C20H21FN4O2. The molecule has 1 aliphatic heterocycles. The summed E-state index contributed by atoms with van der Waals surface area (Å²) in [4.78, 5) is 19.2. The Labute approximate surface area is 156 Å². The molecule has 4 rings (SSSR count). The maximum atomic E-state index is 13.0. The summed E-state index contributed by atoms with van der Waals surface area (Å²) in [6, 6.07) is 8.28. The molecular weight excluding hydrogens is 347 g/mol. The lowest BCUT2D eigenvalue weighted by atomic mass is 10.1. The minimum Gasteiger partial charge on any atom is -0.456 e. The van der Waals surface area contributed by atoms with Gasteiger partial charge in [0, 0.05) is 32.1 Å². The van der Waals surface area contributed by atoms with Gasteiger partial charge in [-0.1, -0.05) is 12.1 Å². The van der Waals surface area contributed by atoms with E-state index in [2.05, 4.69) is 15.0 Å². The van der Waals surface area contributed by atoms with E-state index in [0.29, 0.717) is 24.3 Å². The number of likely N-dealkylation sites (tertiary alicyclic amines) is 1. The predicted molar refractivity (Wildman–Crippen MR) is 98.9 cm³/mol. The van der Waals surface area contributed by atoms with Crippen LogP contribution in [0.3, 0.4) is 0 Å². The van der Waals surface area contributed by atoms with Crippen molar-refractivity contribution in [3.63, 3.8) is 0 Å². The Balaban J connectivity index is 1.39. The minimum atomic E-state index is -0.350. The summed E-state index contributed by atoms with van der Waals surface area (Å²) in [5.74, 6) is -0.587. The summed E-state index contributed by atoms with van der Waals surface area (Å²) in [5.41, 5.74) is 3.76. The lowest BCUT2D eigenvalue weighted by molar-refractivity contribution is -0.0338. The Kier molecular flexibility index (Phi) is 4.39. The van der Waals surface area contributed by atoms with E-state index in [4.69, 9.17) is 4.74 Å². The van der Waals surface area contributed by atoms with Gasteiger partial charge in [-0.15, -0.1) is 0 Å². The van der Waals surface area contributed by atoms with Gasteiger partial charge in [-0.3, -0.25) is 9.58 Å². The van der Waals surface area contributed by atoms with Crippen LogP contribution < -0.4 is 0 Å². The highest BCUT2D eigenvalue weighted by Crippen LogP contribution is 2.22. The molecule has 3 aromatic rings. The monoisotopic (exact) mass is 368 g/mol. The first kappa shape index (κ1) is 17.6. The molecule has 0 spiro atoms. The van der Waals surface area contributed by atoms with Crippen molar-refractivity contribution in [2.24, 2.45) is 7.05 Å². The molecule has 27 heavy (non-hydrogen) atoms. The summed E-state index contributed by atoms with van der Waals surface area (Å²) in [5, 5.41) is 5.21. The summed E-state index contributed by atoms with van der Waals surface area (Å²) >= 11 is 0. The number of carbonyl (C=O) groups excluding carboxylic acids is 1. The molecule has 0 radical (unpaired) electrons. The fourth-order valence-electron chi connectivity index (χ4n) is 3.43. The topological polar surface area (TPSA) is 60.2 Å². The second kappa shape index (κ2) is 6.74. The standard InChI is InChI=1S/C20H21FN4O2/c1-12-18(8-17-13(2)23-24(3)19(17)22-12)20(26)27-16-10-25(11-16)9-14-4-6-15(21)7-5-14/h4-8,16H,9-11H2,1-3H3. The number of rotatable bonds is 4.